The van der Waals surface area contributed by atoms with Gasteiger partial charge in [0.1, 0.15) is 0 Å². The van der Waals surface area contributed by atoms with Gasteiger partial charge in [-0.3, -0.25) is 5.10 Å². The van der Waals surface area contributed by atoms with Gasteiger partial charge in [-0.1, -0.05) is 18.2 Å². The number of carbonyl (C=O) groups excluding carboxylic acids is 1. The lowest BCUT2D eigenvalue weighted by Gasteiger charge is -2.23. The zero-order valence-electron chi connectivity index (χ0n) is 16.4. The van der Waals surface area contributed by atoms with Crippen LogP contribution in [0.15, 0.2) is 42.7 Å². The average Bonchev–Trinajstić information content (AvgIpc) is 3.38. The fourth-order valence-electron chi connectivity index (χ4n) is 3.82. The number of H-pyrrole nitrogens is 1. The van der Waals surface area contributed by atoms with E-state index in [9.17, 15) is 4.79 Å². The second-order valence-corrected chi connectivity index (χ2v) is 7.37. The largest absolute Gasteiger partial charge is 0.331 e. The number of nitrogens with zero attached hydrogens (tertiary/aromatic N) is 4. The number of para-hydroxylation sites is 1. The van der Waals surface area contributed by atoms with Crippen molar-refractivity contribution in [2.45, 2.75) is 45.2 Å². The highest BCUT2D eigenvalue weighted by molar-refractivity contribution is 5.74. The number of nitrogens with one attached hydrogen (secondary N) is 2. The van der Waals surface area contributed by atoms with Crippen LogP contribution in [0.5, 0.6) is 0 Å². The van der Waals surface area contributed by atoms with E-state index in [0.717, 1.165) is 29.8 Å². The van der Waals surface area contributed by atoms with Gasteiger partial charge in [-0.2, -0.15) is 10.2 Å². The standard InChI is InChI=1S/C21H26N6O/c1-15(16-8-4-6-11-20(16)27-13-7-12-22-27)23-21(28)26(2)14-19-17-9-3-5-10-18(17)24-25-19/h4,6-8,11-13,15H,3,5,9-10,14H2,1-2H3,(H,23,28)(H,24,25)/t15-/m1/s1. The minimum Gasteiger partial charge on any atom is -0.331 e. The van der Waals surface area contributed by atoms with Gasteiger partial charge in [-0.25, -0.2) is 9.48 Å². The monoisotopic (exact) mass is 378 g/mol. The molecule has 0 fully saturated rings. The van der Waals surface area contributed by atoms with Crippen molar-refractivity contribution in [1.29, 1.82) is 0 Å². The Kier molecular flexibility index (Phi) is 5.14. The molecule has 0 spiro atoms. The van der Waals surface area contributed by atoms with Crippen LogP contribution in [0.2, 0.25) is 0 Å². The van der Waals surface area contributed by atoms with Gasteiger partial charge in [0.05, 0.1) is 24.0 Å². The van der Waals surface area contributed by atoms with Gasteiger partial charge in [0, 0.05) is 25.1 Å². The number of rotatable bonds is 5. The van der Waals surface area contributed by atoms with Crippen molar-refractivity contribution >= 4 is 6.03 Å². The maximum atomic E-state index is 12.8. The van der Waals surface area contributed by atoms with Gasteiger partial charge >= 0.3 is 6.03 Å². The summed E-state index contributed by atoms with van der Waals surface area (Å²) in [6.45, 7) is 2.50. The molecule has 0 bridgehead atoms. The van der Waals surface area contributed by atoms with Crippen LogP contribution in [0.1, 0.15) is 48.3 Å². The molecule has 1 aliphatic rings. The average molecular weight is 378 g/mol. The predicted octanol–water partition coefficient (Wildman–Crippen LogP) is 3.38. The lowest BCUT2D eigenvalue weighted by atomic mass is 9.96. The number of aryl methyl sites for hydroxylation is 1. The van der Waals surface area contributed by atoms with Crippen molar-refractivity contribution in [2.75, 3.05) is 7.05 Å². The van der Waals surface area contributed by atoms with Gasteiger partial charge in [0.25, 0.3) is 0 Å². The van der Waals surface area contributed by atoms with Crippen molar-refractivity contribution in [3.63, 3.8) is 0 Å². The SMILES string of the molecule is C[C@@H](NC(=O)N(C)Cc1n[nH]c2c1CCCC2)c1ccccc1-n1cccn1. The first-order valence-electron chi connectivity index (χ1n) is 9.79. The van der Waals surface area contributed by atoms with Crippen LogP contribution >= 0.6 is 0 Å². The Hall–Kier alpha value is -3.09. The first kappa shape index (κ1) is 18.3. The Morgan fingerprint density at radius 1 is 1.29 bits per heavy atom. The normalized spacial score (nSPS) is 14.4. The topological polar surface area (TPSA) is 78.8 Å². The summed E-state index contributed by atoms with van der Waals surface area (Å²) in [5, 5.41) is 15.0. The number of amides is 2. The van der Waals surface area contributed by atoms with Gasteiger partial charge in [-0.05, 0) is 55.9 Å². The predicted molar refractivity (Wildman–Crippen MR) is 107 cm³/mol. The van der Waals surface area contributed by atoms with Crippen LogP contribution in [-0.2, 0) is 19.4 Å². The first-order chi connectivity index (χ1) is 13.6. The fraction of sp³-hybridized carbons (Fsp3) is 0.381. The third-order valence-corrected chi connectivity index (χ3v) is 5.37. The summed E-state index contributed by atoms with van der Waals surface area (Å²) in [6, 6.07) is 9.60. The number of carbonyl (C=O) groups is 1. The number of hydrogen-bond donors (Lipinski definition) is 2. The Balaban J connectivity index is 1.44. The van der Waals surface area contributed by atoms with E-state index in [0.29, 0.717) is 6.54 Å². The third-order valence-electron chi connectivity index (χ3n) is 5.37. The second-order valence-electron chi connectivity index (χ2n) is 7.37. The summed E-state index contributed by atoms with van der Waals surface area (Å²) in [4.78, 5) is 14.5. The highest BCUT2D eigenvalue weighted by Crippen LogP contribution is 2.24. The molecule has 0 aliphatic heterocycles. The lowest BCUT2D eigenvalue weighted by Crippen LogP contribution is -2.38. The molecule has 7 heteroatoms. The number of hydrogen-bond acceptors (Lipinski definition) is 3. The number of aromatic amines is 1. The summed E-state index contributed by atoms with van der Waals surface area (Å²) in [5.74, 6) is 0. The molecule has 7 nitrogen and oxygen atoms in total. The van der Waals surface area contributed by atoms with Gasteiger partial charge < -0.3 is 10.2 Å². The molecule has 2 N–H and O–H groups in total. The zero-order chi connectivity index (χ0) is 19.5. The Bertz CT molecular complexity index is 946. The molecule has 4 rings (SSSR count). The van der Waals surface area contributed by atoms with E-state index in [1.54, 1.807) is 11.1 Å². The van der Waals surface area contributed by atoms with Crippen molar-refractivity contribution in [3.8, 4) is 5.69 Å². The van der Waals surface area contributed by atoms with Crippen molar-refractivity contribution < 1.29 is 4.79 Å². The van der Waals surface area contributed by atoms with E-state index in [4.69, 9.17) is 0 Å². The number of benzene rings is 1. The highest BCUT2D eigenvalue weighted by atomic mass is 16.2. The zero-order valence-corrected chi connectivity index (χ0v) is 16.4. The molecule has 2 heterocycles. The van der Waals surface area contributed by atoms with E-state index in [1.165, 1.54) is 24.1 Å². The molecule has 0 saturated carbocycles. The maximum absolute atomic E-state index is 12.8. The third kappa shape index (κ3) is 3.65. The van der Waals surface area contributed by atoms with Crippen molar-refractivity contribution in [2.24, 2.45) is 0 Å². The van der Waals surface area contributed by atoms with Gasteiger partial charge in [-0.15, -0.1) is 0 Å². The van der Waals surface area contributed by atoms with E-state index in [-0.39, 0.29) is 12.1 Å². The molecule has 2 aromatic heterocycles. The van der Waals surface area contributed by atoms with Crippen LogP contribution in [0, 0.1) is 0 Å². The molecule has 28 heavy (non-hydrogen) atoms. The smallest absolute Gasteiger partial charge is 0.317 e. The number of aromatic nitrogens is 4. The lowest BCUT2D eigenvalue weighted by molar-refractivity contribution is 0.203. The van der Waals surface area contributed by atoms with E-state index in [1.807, 2.05) is 55.2 Å². The summed E-state index contributed by atoms with van der Waals surface area (Å²) in [5.41, 5.74) is 5.49. The van der Waals surface area contributed by atoms with Crippen molar-refractivity contribution in [3.05, 3.63) is 65.2 Å². The molecule has 3 aromatic rings. The Morgan fingerprint density at radius 2 is 2.11 bits per heavy atom. The van der Waals surface area contributed by atoms with Gasteiger partial charge in [0.2, 0.25) is 0 Å². The molecule has 146 valence electrons. The van der Waals surface area contributed by atoms with E-state index < -0.39 is 0 Å². The van der Waals surface area contributed by atoms with E-state index >= 15 is 0 Å². The molecule has 1 aliphatic carbocycles. The van der Waals surface area contributed by atoms with Crippen LogP contribution < -0.4 is 5.32 Å². The minimum absolute atomic E-state index is 0.115. The number of urea groups is 1. The van der Waals surface area contributed by atoms with Crippen LogP contribution in [0.4, 0.5) is 4.79 Å². The molecule has 1 aromatic carbocycles. The molecular weight excluding hydrogens is 352 g/mol. The quantitative estimate of drug-likeness (QED) is 0.714. The molecule has 0 saturated heterocycles. The summed E-state index contributed by atoms with van der Waals surface area (Å²) < 4.78 is 1.82. The van der Waals surface area contributed by atoms with Crippen LogP contribution in [0.25, 0.3) is 5.69 Å². The minimum atomic E-state index is -0.150. The second kappa shape index (κ2) is 7.88. The molecule has 1 atom stereocenters. The molecule has 2 amide bonds. The summed E-state index contributed by atoms with van der Waals surface area (Å²) in [7, 11) is 1.81. The molecular formula is C21H26N6O. The molecule has 0 radical (unpaired) electrons. The molecule has 0 unspecified atom stereocenters. The number of fused-ring (bicyclic) bond motifs is 1. The highest BCUT2D eigenvalue weighted by Gasteiger charge is 2.21. The van der Waals surface area contributed by atoms with E-state index in [2.05, 4.69) is 20.6 Å². The van der Waals surface area contributed by atoms with Crippen molar-refractivity contribution in [1.82, 2.24) is 30.2 Å². The Morgan fingerprint density at radius 3 is 2.93 bits per heavy atom. The van der Waals surface area contributed by atoms with Crippen LogP contribution in [-0.4, -0.2) is 38.0 Å². The summed E-state index contributed by atoms with van der Waals surface area (Å²) in [6.07, 6.45) is 8.15. The van der Waals surface area contributed by atoms with Gasteiger partial charge in [0.15, 0.2) is 0 Å². The maximum Gasteiger partial charge on any atom is 0.317 e. The van der Waals surface area contributed by atoms with Crippen LogP contribution in [0.3, 0.4) is 0 Å². The fourth-order valence-corrected chi connectivity index (χ4v) is 3.82. The Labute approximate surface area is 164 Å². The first-order valence-corrected chi connectivity index (χ1v) is 9.79. The summed E-state index contributed by atoms with van der Waals surface area (Å²) >= 11 is 0.